The third-order valence-corrected chi connectivity index (χ3v) is 5.39. The number of fused-ring (bicyclic) bond motifs is 5. The van der Waals surface area contributed by atoms with Gasteiger partial charge in [0.25, 0.3) is 0 Å². The van der Waals surface area contributed by atoms with Gasteiger partial charge in [-0.3, -0.25) is 4.79 Å². The summed E-state index contributed by atoms with van der Waals surface area (Å²) in [6.45, 7) is 0.657. The lowest BCUT2D eigenvalue weighted by Gasteiger charge is -2.42. The Morgan fingerprint density at radius 2 is 1.96 bits per heavy atom. The fourth-order valence-electron chi connectivity index (χ4n) is 3.79. The van der Waals surface area contributed by atoms with Crippen LogP contribution >= 0.6 is 15.9 Å². The number of carbonyl (C=O) groups is 1. The van der Waals surface area contributed by atoms with Crippen molar-refractivity contribution in [2.45, 2.75) is 31.1 Å². The Morgan fingerprint density at radius 1 is 1.19 bits per heavy atom. The first kappa shape index (κ1) is 18.2. The van der Waals surface area contributed by atoms with Gasteiger partial charge in [0, 0.05) is 16.6 Å². The largest absolute Gasteiger partial charge is 0.471 e. The van der Waals surface area contributed by atoms with Gasteiger partial charge in [-0.2, -0.15) is 13.2 Å². The van der Waals surface area contributed by atoms with Crippen LogP contribution in [0.3, 0.4) is 0 Å². The molecule has 2 heterocycles. The van der Waals surface area contributed by atoms with Gasteiger partial charge < -0.3 is 15.0 Å². The molecule has 2 aromatic carbocycles. The Labute approximate surface area is 162 Å². The van der Waals surface area contributed by atoms with E-state index in [-0.39, 0.29) is 0 Å². The summed E-state index contributed by atoms with van der Waals surface area (Å²) in [5.74, 6) is -0.691. The molecule has 0 aromatic heterocycles. The second-order valence-corrected chi connectivity index (χ2v) is 7.53. The standard InChI is InChI=1S/C19H16BrF3N2O2/c20-11-7-8-16-14(10-11)25-9-3-5-13(24-18(26)19(21,22)23)17(25)12-4-1-2-6-15(12)27-16/h1-2,4,6-8,10,13,17H,3,5,9H2,(H,24,26). The van der Waals surface area contributed by atoms with Gasteiger partial charge in [-0.05, 0) is 37.1 Å². The maximum atomic E-state index is 12.8. The van der Waals surface area contributed by atoms with Crippen molar-refractivity contribution in [2.24, 2.45) is 0 Å². The van der Waals surface area contributed by atoms with Gasteiger partial charge in [-0.25, -0.2) is 0 Å². The minimum atomic E-state index is -4.91. The smallest absolute Gasteiger partial charge is 0.455 e. The molecule has 142 valence electrons. The summed E-state index contributed by atoms with van der Waals surface area (Å²) < 4.78 is 45.4. The van der Waals surface area contributed by atoms with Gasteiger partial charge in [0.2, 0.25) is 0 Å². The number of nitrogens with zero attached hydrogens (tertiary/aromatic N) is 1. The average molecular weight is 441 g/mol. The summed E-state index contributed by atoms with van der Waals surface area (Å²) in [4.78, 5) is 13.6. The van der Waals surface area contributed by atoms with Crippen molar-refractivity contribution in [3.63, 3.8) is 0 Å². The van der Waals surface area contributed by atoms with E-state index in [1.165, 1.54) is 0 Å². The molecule has 4 rings (SSSR count). The average Bonchev–Trinajstić information content (AvgIpc) is 2.76. The zero-order chi connectivity index (χ0) is 19.2. The molecule has 8 heteroatoms. The number of anilines is 1. The number of rotatable bonds is 1. The second-order valence-electron chi connectivity index (χ2n) is 6.61. The van der Waals surface area contributed by atoms with Crippen LogP contribution in [0.4, 0.5) is 18.9 Å². The predicted octanol–water partition coefficient (Wildman–Crippen LogP) is 4.94. The van der Waals surface area contributed by atoms with Crippen molar-refractivity contribution in [1.29, 1.82) is 0 Å². The lowest BCUT2D eigenvalue weighted by molar-refractivity contribution is -0.174. The quantitative estimate of drug-likeness (QED) is 0.682. The zero-order valence-electron chi connectivity index (χ0n) is 14.1. The molecule has 1 N–H and O–H groups in total. The minimum absolute atomic E-state index is 0.447. The highest BCUT2D eigenvalue weighted by atomic mass is 79.9. The van der Waals surface area contributed by atoms with Crippen molar-refractivity contribution in [3.05, 3.63) is 52.5 Å². The second kappa shape index (κ2) is 6.74. The number of para-hydroxylation sites is 1. The number of nitrogens with one attached hydrogen (secondary N) is 1. The van der Waals surface area contributed by atoms with E-state index in [9.17, 15) is 18.0 Å². The Hall–Kier alpha value is -2.22. The highest BCUT2D eigenvalue weighted by Gasteiger charge is 2.44. The molecule has 27 heavy (non-hydrogen) atoms. The van der Waals surface area contributed by atoms with Gasteiger partial charge in [0.15, 0.2) is 5.75 Å². The van der Waals surface area contributed by atoms with Crippen LogP contribution in [0.2, 0.25) is 0 Å². The van der Waals surface area contributed by atoms with E-state index >= 15 is 0 Å². The summed E-state index contributed by atoms with van der Waals surface area (Å²) in [7, 11) is 0. The van der Waals surface area contributed by atoms with E-state index in [2.05, 4.69) is 21.2 Å². The van der Waals surface area contributed by atoms with Crippen molar-refractivity contribution in [2.75, 3.05) is 11.4 Å². The summed E-state index contributed by atoms with van der Waals surface area (Å²) in [6, 6.07) is 11.7. The summed E-state index contributed by atoms with van der Waals surface area (Å²) >= 11 is 3.45. The van der Waals surface area contributed by atoms with Crippen molar-refractivity contribution >= 4 is 27.5 Å². The minimum Gasteiger partial charge on any atom is -0.455 e. The van der Waals surface area contributed by atoms with Crippen LogP contribution in [0.15, 0.2) is 46.9 Å². The first-order valence-corrected chi connectivity index (χ1v) is 9.34. The maximum absolute atomic E-state index is 12.8. The Morgan fingerprint density at radius 3 is 2.74 bits per heavy atom. The highest BCUT2D eigenvalue weighted by molar-refractivity contribution is 9.10. The van der Waals surface area contributed by atoms with Gasteiger partial charge in [0.05, 0.1) is 17.8 Å². The first-order chi connectivity index (χ1) is 12.8. The van der Waals surface area contributed by atoms with Gasteiger partial charge in [-0.15, -0.1) is 0 Å². The molecule has 0 bridgehead atoms. The molecule has 1 saturated heterocycles. The number of ether oxygens (including phenoxy) is 1. The summed E-state index contributed by atoms with van der Waals surface area (Å²) in [5.41, 5.74) is 1.55. The van der Waals surface area contributed by atoms with Crippen LogP contribution in [-0.4, -0.2) is 24.7 Å². The molecule has 0 spiro atoms. The van der Waals surface area contributed by atoms with Crippen molar-refractivity contribution in [3.8, 4) is 11.5 Å². The molecule has 4 nitrogen and oxygen atoms in total. The maximum Gasteiger partial charge on any atom is 0.471 e. The van der Waals surface area contributed by atoms with E-state index in [1.54, 1.807) is 6.07 Å². The summed E-state index contributed by atoms with van der Waals surface area (Å²) in [5, 5.41) is 2.20. The van der Waals surface area contributed by atoms with E-state index in [1.807, 2.05) is 41.3 Å². The van der Waals surface area contributed by atoms with E-state index < -0.39 is 24.2 Å². The van der Waals surface area contributed by atoms with Crippen LogP contribution in [0, 0.1) is 0 Å². The molecule has 1 fully saturated rings. The van der Waals surface area contributed by atoms with Crippen molar-refractivity contribution in [1.82, 2.24) is 5.32 Å². The molecule has 0 radical (unpaired) electrons. The molecule has 2 aliphatic heterocycles. The number of benzene rings is 2. The van der Waals surface area contributed by atoms with Crippen LogP contribution in [0.1, 0.15) is 24.4 Å². The number of alkyl halides is 3. The predicted molar refractivity (Wildman–Crippen MR) is 98.0 cm³/mol. The third kappa shape index (κ3) is 3.38. The Kier molecular flexibility index (Phi) is 4.53. The lowest BCUT2D eigenvalue weighted by Crippen LogP contribution is -2.52. The van der Waals surface area contributed by atoms with Gasteiger partial charge >= 0.3 is 12.1 Å². The number of piperidine rings is 1. The molecular weight excluding hydrogens is 425 g/mol. The lowest BCUT2D eigenvalue weighted by atomic mass is 9.89. The van der Waals surface area contributed by atoms with E-state index in [0.717, 1.165) is 15.7 Å². The molecule has 0 aliphatic carbocycles. The van der Waals surface area contributed by atoms with Crippen LogP contribution in [0.25, 0.3) is 0 Å². The number of carbonyl (C=O) groups excluding carboxylic acids is 1. The van der Waals surface area contributed by atoms with Gasteiger partial charge in [0.1, 0.15) is 5.75 Å². The molecule has 2 atom stereocenters. The number of halogens is 4. The monoisotopic (exact) mass is 440 g/mol. The van der Waals surface area contributed by atoms with Crippen LogP contribution in [-0.2, 0) is 4.79 Å². The fraction of sp³-hybridized carbons (Fsp3) is 0.316. The molecular formula is C19H16BrF3N2O2. The van der Waals surface area contributed by atoms with E-state index in [4.69, 9.17) is 4.74 Å². The topological polar surface area (TPSA) is 41.6 Å². The molecule has 1 amide bonds. The zero-order valence-corrected chi connectivity index (χ0v) is 15.7. The third-order valence-electron chi connectivity index (χ3n) is 4.89. The molecule has 2 aliphatic rings. The Bertz CT molecular complexity index is 887. The van der Waals surface area contributed by atoms with E-state index in [0.29, 0.717) is 30.9 Å². The van der Waals surface area contributed by atoms with Crippen molar-refractivity contribution < 1.29 is 22.7 Å². The number of hydrogen-bond donors (Lipinski definition) is 1. The number of amides is 1. The highest BCUT2D eigenvalue weighted by Crippen LogP contribution is 2.48. The molecule has 2 unspecified atom stereocenters. The van der Waals surface area contributed by atoms with Crippen LogP contribution < -0.4 is 15.0 Å². The summed E-state index contributed by atoms with van der Waals surface area (Å²) in [6.07, 6.45) is -3.79. The Balaban J connectivity index is 1.81. The molecule has 2 aromatic rings. The van der Waals surface area contributed by atoms with Crippen LogP contribution in [0.5, 0.6) is 11.5 Å². The normalized spacial score (nSPS) is 21.3. The van der Waals surface area contributed by atoms with Gasteiger partial charge in [-0.1, -0.05) is 34.1 Å². The number of hydrogen-bond acceptors (Lipinski definition) is 3. The fourth-order valence-corrected chi connectivity index (χ4v) is 4.14. The first-order valence-electron chi connectivity index (χ1n) is 8.55. The molecule has 0 saturated carbocycles. The SMILES string of the molecule is O=C(NC1CCCN2c3cc(Br)ccc3Oc3ccccc3C12)C(F)(F)F.